The number of nitro groups is 1. The molecule has 4 aromatic rings. The van der Waals surface area contributed by atoms with Gasteiger partial charge in [0, 0.05) is 23.1 Å². The van der Waals surface area contributed by atoms with Crippen molar-refractivity contribution in [3.8, 4) is 17.0 Å². The Labute approximate surface area is 191 Å². The molecule has 33 heavy (non-hydrogen) atoms. The Morgan fingerprint density at radius 3 is 2.67 bits per heavy atom. The van der Waals surface area contributed by atoms with Crippen LogP contribution in [0.15, 0.2) is 83.3 Å². The molecule has 0 spiro atoms. The second kappa shape index (κ2) is 9.79. The molecule has 1 N–H and O–H groups in total. The quantitative estimate of drug-likeness (QED) is 0.127. The molecule has 0 saturated heterocycles. The highest BCUT2D eigenvalue weighted by molar-refractivity contribution is 7.14. The number of nitrogens with zero attached hydrogens (tertiary/aromatic N) is 3. The number of halogens is 1. The molecular formula is C23H15FN4O4S. The van der Waals surface area contributed by atoms with Crippen molar-refractivity contribution in [2.24, 2.45) is 5.10 Å². The van der Waals surface area contributed by atoms with E-state index in [1.807, 2.05) is 5.38 Å². The average molecular weight is 462 g/mol. The Kier molecular flexibility index (Phi) is 6.46. The van der Waals surface area contributed by atoms with Crippen LogP contribution < -0.4 is 10.2 Å². The predicted octanol–water partition coefficient (Wildman–Crippen LogP) is 5.52. The fourth-order valence-corrected chi connectivity index (χ4v) is 3.49. The lowest BCUT2D eigenvalue weighted by molar-refractivity contribution is -0.384. The number of nitrogens with one attached hydrogen (secondary N) is 1. The number of ether oxygens (including phenoxy) is 1. The van der Waals surface area contributed by atoms with Crippen LogP contribution in [0.3, 0.4) is 0 Å². The molecule has 0 atom stereocenters. The molecule has 0 fully saturated rings. The highest BCUT2D eigenvalue weighted by atomic mass is 32.1. The van der Waals surface area contributed by atoms with Gasteiger partial charge in [-0.05, 0) is 42.0 Å². The second-order valence-electron chi connectivity index (χ2n) is 6.65. The van der Waals surface area contributed by atoms with Gasteiger partial charge in [0.15, 0.2) is 0 Å². The molecule has 0 aliphatic heterocycles. The van der Waals surface area contributed by atoms with Gasteiger partial charge < -0.3 is 4.74 Å². The van der Waals surface area contributed by atoms with Crippen molar-refractivity contribution >= 4 is 34.3 Å². The van der Waals surface area contributed by atoms with E-state index in [4.69, 9.17) is 4.74 Å². The van der Waals surface area contributed by atoms with Crippen LogP contribution in [0.1, 0.15) is 15.9 Å². The molecule has 0 unspecified atom stereocenters. The Hall–Kier alpha value is -4.44. The summed E-state index contributed by atoms with van der Waals surface area (Å²) in [5.74, 6) is -1.19. The van der Waals surface area contributed by atoms with E-state index in [0.29, 0.717) is 16.4 Å². The van der Waals surface area contributed by atoms with E-state index in [9.17, 15) is 19.3 Å². The molecular weight excluding hydrogens is 447 g/mol. The smallest absolute Gasteiger partial charge is 0.346 e. The first-order chi connectivity index (χ1) is 16.0. The van der Waals surface area contributed by atoms with Gasteiger partial charge in [0.05, 0.1) is 22.4 Å². The maximum absolute atomic E-state index is 13.7. The zero-order valence-corrected chi connectivity index (χ0v) is 17.7. The minimum absolute atomic E-state index is 0.0127. The zero-order chi connectivity index (χ0) is 23.2. The van der Waals surface area contributed by atoms with Gasteiger partial charge in [0.2, 0.25) is 5.13 Å². The molecule has 3 aromatic carbocycles. The van der Waals surface area contributed by atoms with E-state index in [0.717, 1.165) is 5.56 Å². The number of aromatic nitrogens is 1. The van der Waals surface area contributed by atoms with Crippen molar-refractivity contribution < 1.29 is 18.8 Å². The molecule has 1 aromatic heterocycles. The van der Waals surface area contributed by atoms with E-state index in [2.05, 4.69) is 15.5 Å². The number of carbonyl (C=O) groups is 1. The molecule has 1 heterocycles. The first-order valence-electron chi connectivity index (χ1n) is 9.56. The van der Waals surface area contributed by atoms with Gasteiger partial charge in [-0.3, -0.25) is 15.5 Å². The lowest BCUT2D eigenvalue weighted by Gasteiger charge is -2.05. The largest absolute Gasteiger partial charge is 0.423 e. The predicted molar refractivity (Wildman–Crippen MR) is 123 cm³/mol. The second-order valence-corrected chi connectivity index (χ2v) is 7.51. The van der Waals surface area contributed by atoms with E-state index < -0.39 is 16.7 Å². The Morgan fingerprint density at radius 2 is 1.91 bits per heavy atom. The monoisotopic (exact) mass is 462 g/mol. The van der Waals surface area contributed by atoms with Crippen LogP contribution >= 0.6 is 11.3 Å². The highest BCUT2D eigenvalue weighted by Crippen LogP contribution is 2.26. The standard InChI is InChI=1S/C23H15FN4O4S/c24-20-7-2-1-6-19(20)22(29)32-18-5-3-4-15(12-18)13-25-27-23-26-21(14-33-23)16-8-10-17(11-9-16)28(30)31/h1-14H,(H,26,27)/b25-13-. The Morgan fingerprint density at radius 1 is 1.12 bits per heavy atom. The number of nitro benzene ring substituents is 1. The van der Waals surface area contributed by atoms with E-state index in [-0.39, 0.29) is 17.0 Å². The fraction of sp³-hybridized carbons (Fsp3) is 0. The van der Waals surface area contributed by atoms with Crippen molar-refractivity contribution in [2.75, 3.05) is 5.43 Å². The van der Waals surface area contributed by atoms with Crippen molar-refractivity contribution in [1.29, 1.82) is 0 Å². The molecule has 0 bridgehead atoms. The molecule has 0 aliphatic rings. The lowest BCUT2D eigenvalue weighted by atomic mass is 10.1. The average Bonchev–Trinajstić information content (AvgIpc) is 3.28. The van der Waals surface area contributed by atoms with Gasteiger partial charge in [-0.2, -0.15) is 5.10 Å². The number of esters is 1. The molecule has 0 aliphatic carbocycles. The highest BCUT2D eigenvalue weighted by Gasteiger charge is 2.13. The van der Waals surface area contributed by atoms with Gasteiger partial charge in [-0.1, -0.05) is 24.3 Å². The van der Waals surface area contributed by atoms with Gasteiger partial charge >= 0.3 is 5.97 Å². The SMILES string of the molecule is O=C(Oc1cccc(/C=N\Nc2nc(-c3ccc([N+](=O)[O-])cc3)cs2)c1)c1ccccc1F. The van der Waals surface area contributed by atoms with Crippen LogP contribution in [0, 0.1) is 15.9 Å². The van der Waals surface area contributed by atoms with E-state index in [1.165, 1.54) is 47.9 Å². The molecule has 4 rings (SSSR count). The summed E-state index contributed by atoms with van der Waals surface area (Å²) in [6.45, 7) is 0. The molecule has 164 valence electrons. The van der Waals surface area contributed by atoms with E-state index in [1.54, 1.807) is 42.5 Å². The van der Waals surface area contributed by atoms with Crippen molar-refractivity contribution in [3.05, 3.63) is 105 Å². The third kappa shape index (κ3) is 5.43. The third-order valence-corrected chi connectivity index (χ3v) is 5.16. The topological polar surface area (TPSA) is 107 Å². The maximum atomic E-state index is 13.7. The van der Waals surface area contributed by atoms with Crippen LogP contribution in [-0.4, -0.2) is 22.1 Å². The van der Waals surface area contributed by atoms with Crippen LogP contribution in [0.25, 0.3) is 11.3 Å². The van der Waals surface area contributed by atoms with Gasteiger partial charge in [-0.25, -0.2) is 14.2 Å². The lowest BCUT2D eigenvalue weighted by Crippen LogP contribution is -2.10. The number of hydrogen-bond donors (Lipinski definition) is 1. The summed E-state index contributed by atoms with van der Waals surface area (Å²) >= 11 is 1.33. The fourth-order valence-electron chi connectivity index (χ4n) is 2.82. The maximum Gasteiger partial charge on any atom is 0.346 e. The number of hydrazone groups is 1. The van der Waals surface area contributed by atoms with E-state index >= 15 is 0 Å². The summed E-state index contributed by atoms with van der Waals surface area (Å²) in [5, 5.41) is 17.2. The molecule has 0 amide bonds. The normalized spacial score (nSPS) is 10.8. The van der Waals surface area contributed by atoms with Gasteiger partial charge in [-0.15, -0.1) is 11.3 Å². The van der Waals surface area contributed by atoms with Crippen molar-refractivity contribution in [1.82, 2.24) is 4.98 Å². The number of hydrogen-bond acceptors (Lipinski definition) is 8. The molecule has 0 saturated carbocycles. The Bertz CT molecular complexity index is 1340. The van der Waals surface area contributed by atoms with Crippen LogP contribution in [0.2, 0.25) is 0 Å². The van der Waals surface area contributed by atoms with Crippen molar-refractivity contribution in [2.45, 2.75) is 0 Å². The van der Waals surface area contributed by atoms with Crippen LogP contribution in [0.4, 0.5) is 15.2 Å². The summed E-state index contributed by atoms with van der Waals surface area (Å²) in [5.41, 5.74) is 4.74. The summed E-state index contributed by atoms with van der Waals surface area (Å²) in [6, 6.07) is 18.3. The number of carbonyl (C=O) groups excluding carboxylic acids is 1. The zero-order valence-electron chi connectivity index (χ0n) is 16.8. The van der Waals surface area contributed by atoms with Gasteiger partial charge in [0.1, 0.15) is 11.6 Å². The Balaban J connectivity index is 1.39. The van der Waals surface area contributed by atoms with Crippen LogP contribution in [0.5, 0.6) is 5.75 Å². The first-order valence-corrected chi connectivity index (χ1v) is 10.4. The summed E-state index contributed by atoms with van der Waals surface area (Å²) in [4.78, 5) is 26.9. The number of non-ortho nitro benzene ring substituents is 1. The van der Waals surface area contributed by atoms with Gasteiger partial charge in [0.25, 0.3) is 5.69 Å². The number of anilines is 1. The summed E-state index contributed by atoms with van der Waals surface area (Å²) in [7, 11) is 0. The van der Waals surface area contributed by atoms with Crippen LogP contribution in [-0.2, 0) is 0 Å². The first kappa shape index (κ1) is 21.8. The minimum atomic E-state index is -0.790. The number of rotatable bonds is 7. The summed E-state index contributed by atoms with van der Waals surface area (Å²) in [6.07, 6.45) is 1.52. The number of benzene rings is 3. The molecule has 8 nitrogen and oxygen atoms in total. The third-order valence-electron chi connectivity index (χ3n) is 4.41. The molecule has 10 heteroatoms. The summed E-state index contributed by atoms with van der Waals surface area (Å²) < 4.78 is 19.0. The number of thiazole rings is 1. The minimum Gasteiger partial charge on any atom is -0.423 e. The molecule has 0 radical (unpaired) electrons. The van der Waals surface area contributed by atoms with Crippen molar-refractivity contribution in [3.63, 3.8) is 0 Å².